The minimum Gasteiger partial charge on any atom is -0.336 e. The van der Waals surface area contributed by atoms with Crippen molar-refractivity contribution in [1.82, 2.24) is 0 Å². The average Bonchev–Trinajstić information content (AvgIpc) is 2.83. The van der Waals surface area contributed by atoms with Crippen molar-refractivity contribution in [3.8, 4) is 0 Å². The van der Waals surface area contributed by atoms with Crippen LogP contribution in [0.3, 0.4) is 0 Å². The molecule has 0 aromatic carbocycles. The maximum atomic E-state index is 12.2. The highest BCUT2D eigenvalue weighted by Crippen LogP contribution is 2.31. The Balaban J connectivity index is 2.25. The summed E-state index contributed by atoms with van der Waals surface area (Å²) >= 11 is 1.34. The van der Waals surface area contributed by atoms with Crippen LogP contribution in [0.1, 0.15) is 30.4 Å². The maximum absolute atomic E-state index is 12.2. The van der Waals surface area contributed by atoms with Gasteiger partial charge in [0.05, 0.1) is 4.88 Å². The topological polar surface area (TPSA) is 52.6 Å². The fourth-order valence-electron chi connectivity index (χ4n) is 1.81. The maximum Gasteiger partial charge on any atom is 0.204 e. The lowest BCUT2D eigenvalue weighted by Gasteiger charge is -2.15. The number of hydrogen-bond acceptors (Lipinski definition) is 5. The molecule has 1 aromatic heterocycles. The number of ketones is 2. The van der Waals surface area contributed by atoms with Crippen LogP contribution in [0, 0.1) is 0 Å². The first-order valence-corrected chi connectivity index (χ1v) is 6.22. The van der Waals surface area contributed by atoms with E-state index in [-0.39, 0.29) is 11.6 Å². The van der Waals surface area contributed by atoms with Gasteiger partial charge >= 0.3 is 0 Å². The van der Waals surface area contributed by atoms with Gasteiger partial charge in [0.1, 0.15) is 0 Å². The molecule has 1 aliphatic heterocycles. The van der Waals surface area contributed by atoms with Gasteiger partial charge in [0.15, 0.2) is 23.8 Å². The normalized spacial score (nSPS) is 27.0. The van der Waals surface area contributed by atoms with E-state index in [4.69, 9.17) is 9.47 Å². The Morgan fingerprint density at radius 1 is 1.29 bits per heavy atom. The molecule has 0 N–H and O–H groups in total. The van der Waals surface area contributed by atoms with Crippen molar-refractivity contribution < 1.29 is 19.1 Å². The minimum absolute atomic E-state index is 0.189. The Kier molecular flexibility index (Phi) is 3.16. The van der Waals surface area contributed by atoms with E-state index in [1.807, 2.05) is 5.38 Å². The lowest BCUT2D eigenvalue weighted by atomic mass is 10.1. The third-order valence-electron chi connectivity index (χ3n) is 2.52. The van der Waals surface area contributed by atoms with Crippen LogP contribution in [0.5, 0.6) is 0 Å². The summed E-state index contributed by atoms with van der Waals surface area (Å²) in [7, 11) is 0. The van der Waals surface area contributed by atoms with E-state index in [0.717, 1.165) is 0 Å². The molecule has 1 aromatic rings. The molecule has 2 atom stereocenters. The Morgan fingerprint density at radius 3 is 2.47 bits per heavy atom. The second-order valence-corrected chi connectivity index (χ2v) is 5.38. The Hall–Kier alpha value is -1.04. The molecule has 0 amide bonds. The second kappa shape index (κ2) is 4.33. The van der Waals surface area contributed by atoms with Crippen molar-refractivity contribution in [1.29, 1.82) is 0 Å². The molecule has 2 heterocycles. The summed E-state index contributed by atoms with van der Waals surface area (Å²) in [5.41, 5.74) is 0. The summed E-state index contributed by atoms with van der Waals surface area (Å²) in [5, 5.41) is 1.82. The van der Waals surface area contributed by atoms with Crippen LogP contribution >= 0.6 is 11.3 Å². The highest BCUT2D eigenvalue weighted by molar-refractivity contribution is 7.12. The number of hydrogen-bond donors (Lipinski definition) is 0. The molecule has 0 bridgehead atoms. The third kappa shape index (κ3) is 2.46. The Morgan fingerprint density at radius 2 is 1.94 bits per heavy atom. The molecule has 0 saturated carbocycles. The SMILES string of the molecule is CC(=O)[C@H]1OC(C)(C)O[C@H]1C(=O)c1cccs1. The predicted octanol–water partition coefficient (Wildman–Crippen LogP) is 2.04. The van der Waals surface area contributed by atoms with Gasteiger partial charge in [-0.2, -0.15) is 0 Å². The van der Waals surface area contributed by atoms with E-state index in [2.05, 4.69) is 0 Å². The average molecular weight is 254 g/mol. The smallest absolute Gasteiger partial charge is 0.204 e. The van der Waals surface area contributed by atoms with Crippen molar-refractivity contribution in [3.63, 3.8) is 0 Å². The summed E-state index contributed by atoms with van der Waals surface area (Å²) in [6.45, 7) is 4.80. The van der Waals surface area contributed by atoms with E-state index >= 15 is 0 Å². The van der Waals surface area contributed by atoms with E-state index in [1.165, 1.54) is 18.3 Å². The molecule has 0 spiro atoms. The van der Waals surface area contributed by atoms with Crippen LogP contribution in [0.4, 0.5) is 0 Å². The highest BCUT2D eigenvalue weighted by atomic mass is 32.1. The van der Waals surface area contributed by atoms with Crippen molar-refractivity contribution >= 4 is 22.9 Å². The van der Waals surface area contributed by atoms with Crippen molar-refractivity contribution in [2.24, 2.45) is 0 Å². The summed E-state index contributed by atoms with van der Waals surface area (Å²) in [6.07, 6.45) is -1.64. The van der Waals surface area contributed by atoms with Gasteiger partial charge in [-0.05, 0) is 32.2 Å². The molecule has 0 aliphatic carbocycles. The number of carbonyl (C=O) groups is 2. The third-order valence-corrected chi connectivity index (χ3v) is 3.40. The molecule has 0 unspecified atom stereocenters. The quantitative estimate of drug-likeness (QED) is 0.775. The van der Waals surface area contributed by atoms with E-state index in [9.17, 15) is 9.59 Å². The zero-order valence-electron chi connectivity index (χ0n) is 9.93. The lowest BCUT2D eigenvalue weighted by Crippen LogP contribution is -2.35. The highest BCUT2D eigenvalue weighted by Gasteiger charge is 2.47. The van der Waals surface area contributed by atoms with Crippen LogP contribution in [0.25, 0.3) is 0 Å². The molecule has 1 fully saturated rings. The zero-order chi connectivity index (χ0) is 12.6. The number of ether oxygens (including phenoxy) is 2. The molecule has 4 nitrogen and oxygen atoms in total. The molecule has 0 radical (unpaired) electrons. The Labute approximate surface area is 104 Å². The van der Waals surface area contributed by atoms with Crippen molar-refractivity contribution in [3.05, 3.63) is 22.4 Å². The second-order valence-electron chi connectivity index (χ2n) is 4.43. The standard InChI is InChI=1S/C12H14O4S/c1-7(13)10-11(16-12(2,3)15-10)9(14)8-5-4-6-17-8/h4-6,10-11H,1-3H3/t10-,11+/m1/s1. The van der Waals surface area contributed by atoms with Gasteiger partial charge in [-0.3, -0.25) is 9.59 Å². The van der Waals surface area contributed by atoms with Crippen LogP contribution in [0.2, 0.25) is 0 Å². The van der Waals surface area contributed by atoms with Crippen molar-refractivity contribution in [2.75, 3.05) is 0 Å². The minimum atomic E-state index is -0.895. The summed E-state index contributed by atoms with van der Waals surface area (Å²) < 4.78 is 11.0. The lowest BCUT2D eigenvalue weighted by molar-refractivity contribution is -0.152. The van der Waals surface area contributed by atoms with E-state index in [1.54, 1.807) is 26.0 Å². The first kappa shape index (κ1) is 12.4. The monoisotopic (exact) mass is 254 g/mol. The van der Waals surface area contributed by atoms with E-state index < -0.39 is 18.0 Å². The molecule has 1 saturated heterocycles. The van der Waals surface area contributed by atoms with Gasteiger partial charge in [-0.1, -0.05) is 6.07 Å². The van der Waals surface area contributed by atoms with Gasteiger partial charge in [0, 0.05) is 0 Å². The van der Waals surface area contributed by atoms with Gasteiger partial charge in [0.25, 0.3) is 0 Å². The van der Waals surface area contributed by atoms with Crippen LogP contribution in [-0.2, 0) is 14.3 Å². The zero-order valence-corrected chi connectivity index (χ0v) is 10.7. The number of thiophene rings is 1. The van der Waals surface area contributed by atoms with Crippen LogP contribution in [-0.4, -0.2) is 29.6 Å². The fraction of sp³-hybridized carbons (Fsp3) is 0.500. The summed E-state index contributed by atoms with van der Waals surface area (Å²) in [6, 6.07) is 3.51. The van der Waals surface area contributed by atoms with E-state index in [0.29, 0.717) is 4.88 Å². The Bertz CT molecular complexity index is 435. The largest absolute Gasteiger partial charge is 0.336 e. The number of Topliss-reactive ketones (excluding diaryl/α,β-unsaturated/α-hetero) is 2. The van der Waals surface area contributed by atoms with Crippen LogP contribution in [0.15, 0.2) is 17.5 Å². The molecule has 17 heavy (non-hydrogen) atoms. The molecule has 1 aliphatic rings. The molecule has 2 rings (SSSR count). The van der Waals surface area contributed by atoms with Crippen LogP contribution < -0.4 is 0 Å². The molecule has 5 heteroatoms. The van der Waals surface area contributed by atoms with Gasteiger partial charge < -0.3 is 9.47 Å². The van der Waals surface area contributed by atoms with Gasteiger partial charge in [-0.25, -0.2) is 0 Å². The van der Waals surface area contributed by atoms with Crippen molar-refractivity contribution in [2.45, 2.75) is 38.8 Å². The van der Waals surface area contributed by atoms with Gasteiger partial charge in [0.2, 0.25) is 5.78 Å². The first-order chi connectivity index (χ1) is 7.91. The fourth-order valence-corrected chi connectivity index (χ4v) is 2.50. The molecular formula is C12H14O4S. The predicted molar refractivity (Wildman–Crippen MR) is 63.2 cm³/mol. The summed E-state index contributed by atoms with van der Waals surface area (Å²) in [4.78, 5) is 24.2. The van der Waals surface area contributed by atoms with Gasteiger partial charge in [-0.15, -0.1) is 11.3 Å². The number of rotatable bonds is 3. The first-order valence-electron chi connectivity index (χ1n) is 5.34. The molecular weight excluding hydrogens is 240 g/mol. The molecule has 92 valence electrons. The number of carbonyl (C=O) groups excluding carboxylic acids is 2. The summed E-state index contributed by atoms with van der Waals surface area (Å²) in [5.74, 6) is -1.27.